The number of benzene rings is 4. The van der Waals surface area contributed by atoms with Gasteiger partial charge in [-0.3, -0.25) is 24.5 Å². The highest BCUT2D eigenvalue weighted by Crippen LogP contribution is 2.36. The largest absolute Gasteiger partial charge is 0.508 e. The molecule has 0 saturated carbocycles. The number of fused-ring (bicyclic) bond motifs is 1. The van der Waals surface area contributed by atoms with E-state index in [4.69, 9.17) is 14.2 Å². The zero-order chi connectivity index (χ0) is 30.5. The maximum atomic E-state index is 12.6. The smallest absolute Gasteiger partial charge is 0.431 e. The quantitative estimate of drug-likeness (QED) is 0.177. The summed E-state index contributed by atoms with van der Waals surface area (Å²) in [5.41, 5.74) is 0.557. The second kappa shape index (κ2) is 10.9. The van der Waals surface area contributed by atoms with Crippen molar-refractivity contribution in [3.05, 3.63) is 76.8 Å². The maximum Gasteiger partial charge on any atom is 0.508 e. The molecule has 2 aromatic heterocycles. The summed E-state index contributed by atoms with van der Waals surface area (Å²) in [6.45, 7) is 3.20. The molecule has 0 spiro atoms. The number of hydrogen-bond donors (Lipinski definition) is 3. The molecule has 0 aliphatic carbocycles. The number of anilines is 1. The summed E-state index contributed by atoms with van der Waals surface area (Å²) in [6, 6.07) is 18.5. The summed E-state index contributed by atoms with van der Waals surface area (Å²) in [6.07, 6.45) is -1.92. The summed E-state index contributed by atoms with van der Waals surface area (Å²) in [4.78, 5) is 48.2. The van der Waals surface area contributed by atoms with Gasteiger partial charge in [0.1, 0.15) is 25.5 Å². The monoisotopic (exact) mass is 595 g/mol. The third kappa shape index (κ3) is 4.87. The molecule has 3 atom stereocenters. The SMILES string of the molecule is CC(C)C(=O)Nc1nc2c(ncn2[C@H]2C[C@H](O)[C@@H](COC(=O)OCc3ccc4ccc5cccc6ccc3c4c56)O2)c(=O)[nH]1. The molecule has 12 nitrogen and oxygen atoms in total. The first-order valence-corrected chi connectivity index (χ1v) is 14.3. The van der Waals surface area contributed by atoms with Crippen molar-refractivity contribution in [1.82, 2.24) is 19.5 Å². The second-order valence-corrected chi connectivity index (χ2v) is 11.2. The Labute approximate surface area is 249 Å². The van der Waals surface area contributed by atoms with Crippen LogP contribution >= 0.6 is 0 Å². The molecule has 6 aromatic rings. The fourth-order valence-corrected chi connectivity index (χ4v) is 5.74. The topological polar surface area (TPSA) is 158 Å². The number of rotatable bonds is 7. The number of imidazole rings is 1. The van der Waals surface area contributed by atoms with E-state index in [-0.39, 0.29) is 48.6 Å². The van der Waals surface area contributed by atoms with Gasteiger partial charge in [-0.25, -0.2) is 9.78 Å². The van der Waals surface area contributed by atoms with E-state index in [2.05, 4.69) is 50.6 Å². The lowest BCUT2D eigenvalue weighted by Gasteiger charge is -2.16. The fraction of sp³-hybridized carbons (Fsp3) is 0.281. The number of carbonyl (C=O) groups excluding carboxylic acids is 2. The Morgan fingerprint density at radius 1 is 1.07 bits per heavy atom. The highest BCUT2D eigenvalue weighted by Gasteiger charge is 2.37. The van der Waals surface area contributed by atoms with Gasteiger partial charge in [0.15, 0.2) is 11.2 Å². The van der Waals surface area contributed by atoms with Gasteiger partial charge in [0.05, 0.1) is 12.4 Å². The van der Waals surface area contributed by atoms with Gasteiger partial charge in [-0.15, -0.1) is 0 Å². The van der Waals surface area contributed by atoms with E-state index < -0.39 is 30.2 Å². The average Bonchev–Trinajstić information content (AvgIpc) is 3.61. The molecule has 1 fully saturated rings. The Bertz CT molecular complexity index is 2090. The van der Waals surface area contributed by atoms with Crippen LogP contribution in [0.5, 0.6) is 0 Å². The van der Waals surface area contributed by atoms with Crippen LogP contribution in [0.25, 0.3) is 43.5 Å². The number of H-pyrrole nitrogens is 1. The average molecular weight is 596 g/mol. The van der Waals surface area contributed by atoms with Gasteiger partial charge in [0, 0.05) is 12.3 Å². The summed E-state index contributed by atoms with van der Waals surface area (Å²) in [5, 5.41) is 19.9. The zero-order valence-corrected chi connectivity index (χ0v) is 23.9. The number of aliphatic hydroxyl groups excluding tert-OH is 1. The number of aromatic nitrogens is 4. The van der Waals surface area contributed by atoms with Crippen molar-refractivity contribution in [3.63, 3.8) is 0 Å². The zero-order valence-electron chi connectivity index (χ0n) is 23.9. The summed E-state index contributed by atoms with van der Waals surface area (Å²) in [7, 11) is 0. The number of carbonyl (C=O) groups is 2. The number of amides is 1. The van der Waals surface area contributed by atoms with Crippen molar-refractivity contribution in [1.29, 1.82) is 0 Å². The highest BCUT2D eigenvalue weighted by atomic mass is 16.7. The Morgan fingerprint density at radius 2 is 1.80 bits per heavy atom. The van der Waals surface area contributed by atoms with E-state index in [1.165, 1.54) is 16.3 Å². The van der Waals surface area contributed by atoms with E-state index in [1.807, 2.05) is 24.3 Å². The van der Waals surface area contributed by atoms with Crippen LogP contribution in [0.3, 0.4) is 0 Å². The number of nitrogens with zero attached hydrogens (tertiary/aromatic N) is 3. The summed E-state index contributed by atoms with van der Waals surface area (Å²) < 4.78 is 18.2. The molecule has 0 bridgehead atoms. The van der Waals surface area contributed by atoms with E-state index in [9.17, 15) is 19.5 Å². The minimum Gasteiger partial charge on any atom is -0.431 e. The first-order chi connectivity index (χ1) is 21.3. The maximum absolute atomic E-state index is 12.6. The number of aliphatic hydroxyl groups is 1. The van der Waals surface area contributed by atoms with Crippen LogP contribution in [-0.4, -0.2) is 55.5 Å². The van der Waals surface area contributed by atoms with Crippen LogP contribution in [-0.2, 0) is 25.6 Å². The summed E-state index contributed by atoms with van der Waals surface area (Å²) in [5.74, 6) is -0.648. The molecule has 1 aliphatic rings. The van der Waals surface area contributed by atoms with Crippen LogP contribution in [0.1, 0.15) is 32.1 Å². The van der Waals surface area contributed by atoms with Crippen molar-refractivity contribution in [3.8, 4) is 0 Å². The van der Waals surface area contributed by atoms with Gasteiger partial charge in [0.25, 0.3) is 5.56 Å². The Kier molecular flexibility index (Phi) is 6.87. The van der Waals surface area contributed by atoms with Crippen LogP contribution in [0, 0.1) is 5.92 Å². The molecule has 0 radical (unpaired) electrons. The Morgan fingerprint density at radius 3 is 2.57 bits per heavy atom. The van der Waals surface area contributed by atoms with Gasteiger partial charge in [-0.05, 0) is 37.9 Å². The molecular formula is C32H29N5O7. The van der Waals surface area contributed by atoms with Crippen molar-refractivity contribution >= 4 is 61.5 Å². The van der Waals surface area contributed by atoms with Crippen molar-refractivity contribution < 1.29 is 28.9 Å². The lowest BCUT2D eigenvalue weighted by atomic mass is 9.92. The standard InChI is InChI=1S/C32H29N5O7/c1-16(2)29(39)35-31-34-28-27(30(40)36-31)33-15-37(28)24-12-22(38)23(44-24)14-43-32(41)42-13-20-9-8-19-7-6-17-4-3-5-18-10-11-21(20)26(19)25(17)18/h3-11,15-16,22-24,38H,12-14H2,1-2H3,(H2,34,35,36,39,40)/t22-,23+,24+/m0/s1. The van der Waals surface area contributed by atoms with Crippen molar-refractivity contribution in [2.75, 3.05) is 11.9 Å². The van der Waals surface area contributed by atoms with E-state index in [0.29, 0.717) is 0 Å². The third-order valence-electron chi connectivity index (χ3n) is 8.04. The Balaban J connectivity index is 1.01. The Hall–Kier alpha value is -5.07. The molecule has 4 aromatic carbocycles. The first-order valence-electron chi connectivity index (χ1n) is 14.3. The number of aromatic amines is 1. The second-order valence-electron chi connectivity index (χ2n) is 11.2. The number of hydrogen-bond acceptors (Lipinski definition) is 9. The predicted octanol–water partition coefficient (Wildman–Crippen LogP) is 4.61. The molecule has 224 valence electrons. The van der Waals surface area contributed by atoms with Crippen molar-refractivity contribution in [2.24, 2.45) is 5.92 Å². The molecule has 1 aliphatic heterocycles. The lowest BCUT2D eigenvalue weighted by molar-refractivity contribution is -0.118. The minimum absolute atomic E-state index is 0.0145. The minimum atomic E-state index is -0.968. The third-order valence-corrected chi connectivity index (χ3v) is 8.04. The predicted molar refractivity (Wildman–Crippen MR) is 162 cm³/mol. The molecule has 3 N–H and O–H groups in total. The van der Waals surface area contributed by atoms with Crippen LogP contribution in [0.4, 0.5) is 10.7 Å². The van der Waals surface area contributed by atoms with Gasteiger partial charge in [-0.1, -0.05) is 68.4 Å². The first kappa shape index (κ1) is 27.7. The van der Waals surface area contributed by atoms with Gasteiger partial charge in [-0.2, -0.15) is 4.98 Å². The molecule has 44 heavy (non-hydrogen) atoms. The molecule has 0 unspecified atom stereocenters. The lowest BCUT2D eigenvalue weighted by Crippen LogP contribution is -2.28. The molecule has 3 heterocycles. The molecule has 7 rings (SSSR count). The molecule has 1 amide bonds. The van der Waals surface area contributed by atoms with Crippen molar-refractivity contribution in [2.45, 2.75) is 45.3 Å². The van der Waals surface area contributed by atoms with Crippen LogP contribution in [0.15, 0.2) is 65.7 Å². The van der Waals surface area contributed by atoms with E-state index >= 15 is 0 Å². The fourth-order valence-electron chi connectivity index (χ4n) is 5.74. The van der Waals surface area contributed by atoms with Gasteiger partial charge >= 0.3 is 6.16 Å². The molecule has 1 saturated heterocycles. The van der Waals surface area contributed by atoms with Crippen LogP contribution in [0.2, 0.25) is 0 Å². The molecular weight excluding hydrogens is 566 g/mol. The normalized spacial score (nSPS) is 18.6. The van der Waals surface area contributed by atoms with E-state index in [1.54, 1.807) is 13.8 Å². The van der Waals surface area contributed by atoms with Crippen LogP contribution < -0.4 is 10.9 Å². The summed E-state index contributed by atoms with van der Waals surface area (Å²) >= 11 is 0. The highest BCUT2D eigenvalue weighted by molar-refractivity contribution is 6.23. The van der Waals surface area contributed by atoms with E-state index in [0.717, 1.165) is 32.5 Å². The van der Waals surface area contributed by atoms with Gasteiger partial charge in [0.2, 0.25) is 11.9 Å². The number of nitrogens with one attached hydrogen (secondary N) is 2. The van der Waals surface area contributed by atoms with Gasteiger partial charge < -0.3 is 19.3 Å². The molecule has 12 heteroatoms. The number of ether oxygens (including phenoxy) is 3.